The molecular formula is C14H22ClF3N4O. The van der Waals surface area contributed by atoms with Crippen molar-refractivity contribution in [3.63, 3.8) is 0 Å². The van der Waals surface area contributed by atoms with E-state index in [1.807, 2.05) is 0 Å². The zero-order chi connectivity index (χ0) is 15.8. The first-order valence-electron chi connectivity index (χ1n) is 7.78. The lowest BCUT2D eigenvalue weighted by Crippen LogP contribution is -2.39. The average Bonchev–Trinajstić information content (AvgIpc) is 3.07. The molecule has 0 atom stereocenters. The quantitative estimate of drug-likeness (QED) is 0.903. The fourth-order valence-electron chi connectivity index (χ4n) is 3.42. The number of halogens is 4. The normalized spacial score (nSPS) is 23.0. The van der Waals surface area contributed by atoms with Gasteiger partial charge in [-0.1, -0.05) is 18.0 Å². The van der Waals surface area contributed by atoms with E-state index in [1.54, 1.807) is 0 Å². The van der Waals surface area contributed by atoms with Crippen molar-refractivity contribution in [1.82, 2.24) is 15.0 Å². The van der Waals surface area contributed by atoms with Crippen LogP contribution in [0.25, 0.3) is 0 Å². The molecule has 0 spiro atoms. The lowest BCUT2D eigenvalue weighted by atomic mass is 9.96. The SMILES string of the molecule is Cl.NC1(c2noc(C3CCN(CC(F)(F)F)CC3)n2)CCCC1. The Kier molecular flexibility index (Phi) is 5.58. The fourth-order valence-corrected chi connectivity index (χ4v) is 3.42. The van der Waals surface area contributed by atoms with E-state index in [4.69, 9.17) is 10.3 Å². The van der Waals surface area contributed by atoms with Gasteiger partial charge in [-0.3, -0.25) is 4.90 Å². The summed E-state index contributed by atoms with van der Waals surface area (Å²) in [4.78, 5) is 5.87. The highest BCUT2D eigenvalue weighted by Crippen LogP contribution is 2.36. The minimum absolute atomic E-state index is 0. The molecule has 0 bridgehead atoms. The van der Waals surface area contributed by atoms with E-state index in [-0.39, 0.29) is 18.3 Å². The molecule has 0 unspecified atom stereocenters. The Balaban J connectivity index is 0.00000192. The first-order chi connectivity index (χ1) is 10.4. The number of piperidine rings is 1. The topological polar surface area (TPSA) is 68.2 Å². The van der Waals surface area contributed by atoms with Crippen LogP contribution in [0.3, 0.4) is 0 Å². The van der Waals surface area contributed by atoms with E-state index < -0.39 is 18.3 Å². The lowest BCUT2D eigenvalue weighted by Gasteiger charge is -2.30. The first-order valence-corrected chi connectivity index (χ1v) is 7.78. The second-order valence-corrected chi connectivity index (χ2v) is 6.49. The molecule has 3 rings (SSSR count). The third-order valence-electron chi connectivity index (χ3n) is 4.72. The third-order valence-corrected chi connectivity index (χ3v) is 4.72. The molecule has 1 saturated heterocycles. The molecule has 0 radical (unpaired) electrons. The Labute approximate surface area is 139 Å². The number of nitrogens with two attached hydrogens (primary N) is 1. The van der Waals surface area contributed by atoms with Crippen molar-refractivity contribution in [1.29, 1.82) is 0 Å². The van der Waals surface area contributed by atoms with Gasteiger partial charge in [0.2, 0.25) is 5.89 Å². The van der Waals surface area contributed by atoms with Crippen molar-refractivity contribution in [3.05, 3.63) is 11.7 Å². The van der Waals surface area contributed by atoms with Crippen LogP contribution in [0, 0.1) is 0 Å². The molecule has 9 heteroatoms. The number of likely N-dealkylation sites (tertiary alicyclic amines) is 1. The van der Waals surface area contributed by atoms with Crippen LogP contribution in [-0.4, -0.2) is 40.9 Å². The summed E-state index contributed by atoms with van der Waals surface area (Å²) in [6, 6.07) is 0. The van der Waals surface area contributed by atoms with Gasteiger partial charge in [0.25, 0.3) is 0 Å². The van der Waals surface area contributed by atoms with Crippen LogP contribution >= 0.6 is 12.4 Å². The number of nitrogens with zero attached hydrogens (tertiary/aromatic N) is 3. The van der Waals surface area contributed by atoms with Gasteiger partial charge in [0.1, 0.15) is 0 Å². The molecule has 2 aliphatic rings. The molecule has 0 aromatic carbocycles. The van der Waals surface area contributed by atoms with Crippen LogP contribution in [0.2, 0.25) is 0 Å². The first kappa shape index (κ1) is 18.5. The number of alkyl halides is 3. The van der Waals surface area contributed by atoms with E-state index in [0.29, 0.717) is 37.6 Å². The Morgan fingerprint density at radius 2 is 1.83 bits per heavy atom. The van der Waals surface area contributed by atoms with Gasteiger partial charge in [-0.15, -0.1) is 12.4 Å². The minimum Gasteiger partial charge on any atom is -0.339 e. The summed E-state index contributed by atoms with van der Waals surface area (Å²) in [5.41, 5.74) is 5.81. The van der Waals surface area contributed by atoms with E-state index >= 15 is 0 Å². The van der Waals surface area contributed by atoms with Gasteiger partial charge >= 0.3 is 6.18 Å². The van der Waals surface area contributed by atoms with Crippen LogP contribution < -0.4 is 5.73 Å². The molecule has 1 saturated carbocycles. The average molecular weight is 355 g/mol. The standard InChI is InChI=1S/C14H21F3N4O.ClH/c15-14(16,17)9-21-7-3-10(4-8-21)11-19-12(20-22-11)13(18)5-1-2-6-13;/h10H,1-9,18H2;1H. The van der Waals surface area contributed by atoms with E-state index in [9.17, 15) is 13.2 Å². The molecule has 1 aliphatic carbocycles. The smallest absolute Gasteiger partial charge is 0.339 e. The third kappa shape index (κ3) is 4.36. The van der Waals surface area contributed by atoms with E-state index in [2.05, 4.69) is 10.1 Å². The van der Waals surface area contributed by atoms with Crippen molar-refractivity contribution in [3.8, 4) is 0 Å². The molecule has 2 N–H and O–H groups in total. The molecule has 1 aromatic heterocycles. The minimum atomic E-state index is -4.14. The second kappa shape index (κ2) is 6.94. The highest BCUT2D eigenvalue weighted by molar-refractivity contribution is 5.85. The predicted octanol–water partition coefficient (Wildman–Crippen LogP) is 2.96. The van der Waals surface area contributed by atoms with E-state index in [0.717, 1.165) is 25.7 Å². The van der Waals surface area contributed by atoms with E-state index in [1.165, 1.54) is 4.90 Å². The summed E-state index contributed by atoms with van der Waals surface area (Å²) in [7, 11) is 0. The van der Waals surface area contributed by atoms with Crippen LogP contribution in [0.1, 0.15) is 56.2 Å². The fraction of sp³-hybridized carbons (Fsp3) is 0.857. The maximum Gasteiger partial charge on any atom is 0.401 e. The van der Waals surface area contributed by atoms with Crippen LogP contribution in [0.4, 0.5) is 13.2 Å². The molecule has 0 amide bonds. The second-order valence-electron chi connectivity index (χ2n) is 6.49. The van der Waals surface area contributed by atoms with Crippen LogP contribution in [0.5, 0.6) is 0 Å². The van der Waals surface area contributed by atoms with Crippen molar-refractivity contribution >= 4 is 12.4 Å². The summed E-state index contributed by atoms with van der Waals surface area (Å²) in [6.07, 6.45) is 0.919. The van der Waals surface area contributed by atoms with Gasteiger partial charge in [-0.05, 0) is 38.8 Å². The van der Waals surface area contributed by atoms with Crippen molar-refractivity contribution in [2.75, 3.05) is 19.6 Å². The Bertz CT molecular complexity index is 508. The summed E-state index contributed by atoms with van der Waals surface area (Å²) < 4.78 is 42.5. The predicted molar refractivity (Wildman–Crippen MR) is 80.3 cm³/mol. The van der Waals surface area contributed by atoms with Gasteiger partial charge in [0.15, 0.2) is 5.82 Å². The zero-order valence-electron chi connectivity index (χ0n) is 12.8. The molecular weight excluding hydrogens is 333 g/mol. The molecule has 2 fully saturated rings. The summed E-state index contributed by atoms with van der Waals surface area (Å²) >= 11 is 0. The molecule has 23 heavy (non-hydrogen) atoms. The van der Waals surface area contributed by atoms with Gasteiger partial charge in [0.05, 0.1) is 12.1 Å². The molecule has 132 valence electrons. The monoisotopic (exact) mass is 354 g/mol. The van der Waals surface area contributed by atoms with Crippen molar-refractivity contribution in [2.45, 2.75) is 56.2 Å². The molecule has 2 heterocycles. The lowest BCUT2D eigenvalue weighted by molar-refractivity contribution is -0.148. The van der Waals surface area contributed by atoms with Crippen LogP contribution in [-0.2, 0) is 5.54 Å². The summed E-state index contributed by atoms with van der Waals surface area (Å²) in [5.74, 6) is 1.12. The van der Waals surface area contributed by atoms with Gasteiger partial charge < -0.3 is 10.3 Å². The number of hydrogen-bond acceptors (Lipinski definition) is 5. The van der Waals surface area contributed by atoms with Crippen molar-refractivity contribution < 1.29 is 17.7 Å². The van der Waals surface area contributed by atoms with Gasteiger partial charge in [0, 0.05) is 5.92 Å². The maximum atomic E-state index is 12.4. The Morgan fingerprint density at radius 1 is 1.22 bits per heavy atom. The molecule has 1 aromatic rings. The van der Waals surface area contributed by atoms with Gasteiger partial charge in [-0.2, -0.15) is 18.2 Å². The van der Waals surface area contributed by atoms with Gasteiger partial charge in [-0.25, -0.2) is 0 Å². The summed E-state index contributed by atoms with van der Waals surface area (Å²) in [5, 5.41) is 4.02. The Hall–Kier alpha value is -0.860. The largest absolute Gasteiger partial charge is 0.401 e. The highest BCUT2D eigenvalue weighted by atomic mass is 35.5. The van der Waals surface area contributed by atoms with Crippen molar-refractivity contribution in [2.24, 2.45) is 5.73 Å². The zero-order valence-corrected chi connectivity index (χ0v) is 13.6. The maximum absolute atomic E-state index is 12.4. The van der Waals surface area contributed by atoms with Crippen LogP contribution in [0.15, 0.2) is 4.52 Å². The molecule has 5 nitrogen and oxygen atoms in total. The number of rotatable bonds is 3. The Morgan fingerprint density at radius 3 is 2.39 bits per heavy atom. The highest BCUT2D eigenvalue weighted by Gasteiger charge is 2.38. The number of hydrogen-bond donors (Lipinski definition) is 1. The summed E-state index contributed by atoms with van der Waals surface area (Å²) in [6.45, 7) is -0.0496. The molecule has 1 aliphatic heterocycles. The number of aromatic nitrogens is 2.